The molecule has 0 bridgehead atoms. The number of sulfone groups is 1. The van der Waals surface area contributed by atoms with E-state index in [0.29, 0.717) is 35.1 Å². The summed E-state index contributed by atoms with van der Waals surface area (Å²) in [4.78, 5) is 30.0. The van der Waals surface area contributed by atoms with Crippen molar-refractivity contribution in [1.29, 1.82) is 0 Å². The number of nitrogens with one attached hydrogen (secondary N) is 1. The number of rotatable bonds is 7. The Hall–Kier alpha value is -3.63. The molecule has 0 amide bonds. The van der Waals surface area contributed by atoms with E-state index >= 15 is 0 Å². The number of imidazole rings is 1. The van der Waals surface area contributed by atoms with Crippen LogP contribution in [0.2, 0.25) is 0 Å². The molecule has 4 aromatic rings. The molecule has 1 saturated heterocycles. The van der Waals surface area contributed by atoms with Gasteiger partial charge in [-0.05, 0) is 49.7 Å². The third-order valence-corrected chi connectivity index (χ3v) is 7.06. The number of carbonyl (C=O) groups excluding carboxylic acids is 1. The standard InChI is InChI=1S/C24H23N5O4S/c1-34(31,32)17-6-4-16(5-7-17)33-23-14-20-19(27-24(28-20)21-15-25-8-9-26-21)13-18(23)22-3-2-10-29(22)11-12-30/h4-9,12-15,22H,2-3,10-11H2,1H3,(H,27,28). The summed E-state index contributed by atoms with van der Waals surface area (Å²) in [6, 6.07) is 10.2. The molecule has 0 spiro atoms. The molecule has 1 atom stereocenters. The largest absolute Gasteiger partial charge is 0.457 e. The van der Waals surface area contributed by atoms with E-state index in [-0.39, 0.29) is 10.9 Å². The van der Waals surface area contributed by atoms with Crippen LogP contribution in [-0.2, 0) is 14.6 Å². The lowest BCUT2D eigenvalue weighted by Gasteiger charge is -2.24. The summed E-state index contributed by atoms with van der Waals surface area (Å²) < 4.78 is 29.8. The van der Waals surface area contributed by atoms with Gasteiger partial charge in [-0.15, -0.1) is 0 Å². The molecule has 34 heavy (non-hydrogen) atoms. The molecule has 2 aromatic heterocycles. The third-order valence-electron chi connectivity index (χ3n) is 5.93. The number of aromatic amines is 1. The second-order valence-electron chi connectivity index (χ2n) is 8.25. The monoisotopic (exact) mass is 477 g/mol. The van der Waals surface area contributed by atoms with Crippen LogP contribution in [0.15, 0.2) is 59.9 Å². The molecule has 1 aliphatic rings. The summed E-state index contributed by atoms with van der Waals surface area (Å²) in [5.74, 6) is 1.72. The first kappa shape index (κ1) is 22.2. The fraction of sp³-hybridized carbons (Fsp3) is 0.250. The van der Waals surface area contributed by atoms with E-state index in [1.54, 1.807) is 30.7 Å². The Balaban J connectivity index is 1.58. The second-order valence-corrected chi connectivity index (χ2v) is 10.3. The van der Waals surface area contributed by atoms with Crippen molar-refractivity contribution in [1.82, 2.24) is 24.8 Å². The van der Waals surface area contributed by atoms with Gasteiger partial charge in [-0.25, -0.2) is 18.4 Å². The van der Waals surface area contributed by atoms with Crippen molar-refractivity contribution < 1.29 is 17.9 Å². The van der Waals surface area contributed by atoms with Gasteiger partial charge in [-0.3, -0.25) is 9.88 Å². The zero-order valence-electron chi connectivity index (χ0n) is 18.5. The van der Waals surface area contributed by atoms with Crippen LogP contribution in [-0.4, -0.2) is 58.9 Å². The molecular formula is C24H23N5O4S. The number of fused-ring (bicyclic) bond motifs is 1. The van der Waals surface area contributed by atoms with Gasteiger partial charge in [0.1, 0.15) is 23.5 Å². The van der Waals surface area contributed by atoms with Crippen molar-refractivity contribution in [3.8, 4) is 23.0 Å². The van der Waals surface area contributed by atoms with Gasteiger partial charge in [-0.1, -0.05) is 0 Å². The molecule has 0 radical (unpaired) electrons. The SMILES string of the molecule is CS(=O)(=O)c1ccc(Oc2cc3nc(-c4cnccn4)[nH]c3cc2C2CCCN2CC=O)cc1. The number of aldehydes is 1. The van der Waals surface area contributed by atoms with Crippen LogP contribution in [0.1, 0.15) is 24.4 Å². The maximum Gasteiger partial charge on any atom is 0.175 e. The molecule has 0 aliphatic carbocycles. The van der Waals surface area contributed by atoms with Crippen LogP contribution in [0.25, 0.3) is 22.6 Å². The summed E-state index contributed by atoms with van der Waals surface area (Å²) in [5.41, 5.74) is 3.09. The highest BCUT2D eigenvalue weighted by atomic mass is 32.2. The Morgan fingerprint density at radius 2 is 2.03 bits per heavy atom. The highest BCUT2D eigenvalue weighted by Gasteiger charge is 2.29. The zero-order chi connectivity index (χ0) is 23.7. The van der Waals surface area contributed by atoms with Crippen molar-refractivity contribution in [2.75, 3.05) is 19.3 Å². The van der Waals surface area contributed by atoms with E-state index in [0.717, 1.165) is 36.8 Å². The normalized spacial score (nSPS) is 16.7. The van der Waals surface area contributed by atoms with Gasteiger partial charge in [0.05, 0.1) is 28.7 Å². The van der Waals surface area contributed by atoms with Crippen LogP contribution in [0, 0.1) is 0 Å². The minimum Gasteiger partial charge on any atom is -0.457 e. The van der Waals surface area contributed by atoms with Gasteiger partial charge in [0, 0.05) is 36.3 Å². The lowest BCUT2D eigenvalue weighted by molar-refractivity contribution is -0.109. The van der Waals surface area contributed by atoms with Gasteiger partial charge in [0.2, 0.25) is 0 Å². The lowest BCUT2D eigenvalue weighted by atomic mass is 10.0. The Morgan fingerprint density at radius 3 is 2.74 bits per heavy atom. The molecule has 2 aromatic carbocycles. The number of ether oxygens (including phenoxy) is 1. The number of aromatic nitrogens is 4. The number of hydrogen-bond acceptors (Lipinski definition) is 8. The molecule has 0 saturated carbocycles. The topological polar surface area (TPSA) is 118 Å². The summed E-state index contributed by atoms with van der Waals surface area (Å²) in [7, 11) is -3.30. The highest BCUT2D eigenvalue weighted by molar-refractivity contribution is 7.90. The van der Waals surface area contributed by atoms with E-state index in [4.69, 9.17) is 4.74 Å². The number of likely N-dealkylation sites (tertiary alicyclic amines) is 1. The summed E-state index contributed by atoms with van der Waals surface area (Å²) in [6.07, 6.45) is 8.82. The van der Waals surface area contributed by atoms with Crippen LogP contribution in [0.3, 0.4) is 0 Å². The van der Waals surface area contributed by atoms with Crippen molar-refractivity contribution in [2.45, 2.75) is 23.8 Å². The minimum absolute atomic E-state index is 0.0168. The smallest absolute Gasteiger partial charge is 0.175 e. The molecule has 1 aliphatic heterocycles. The number of nitrogens with zero attached hydrogens (tertiary/aromatic N) is 4. The summed E-state index contributed by atoms with van der Waals surface area (Å²) in [5, 5.41) is 0. The lowest BCUT2D eigenvalue weighted by Crippen LogP contribution is -2.25. The van der Waals surface area contributed by atoms with Gasteiger partial charge < -0.3 is 14.5 Å². The van der Waals surface area contributed by atoms with Crippen LogP contribution in [0.4, 0.5) is 0 Å². The Kier molecular flexibility index (Phi) is 5.84. The molecule has 174 valence electrons. The van der Waals surface area contributed by atoms with Crippen LogP contribution >= 0.6 is 0 Å². The Morgan fingerprint density at radius 1 is 1.21 bits per heavy atom. The molecule has 1 unspecified atom stereocenters. The van der Waals surface area contributed by atoms with Crippen molar-refractivity contribution >= 4 is 27.2 Å². The van der Waals surface area contributed by atoms with Crippen LogP contribution in [0.5, 0.6) is 11.5 Å². The quantitative estimate of drug-likeness (QED) is 0.402. The summed E-state index contributed by atoms with van der Waals surface area (Å²) in [6.45, 7) is 1.18. The average molecular weight is 478 g/mol. The van der Waals surface area contributed by atoms with Crippen molar-refractivity contribution in [3.05, 3.63) is 60.6 Å². The number of carbonyl (C=O) groups is 1. The van der Waals surface area contributed by atoms with Gasteiger partial charge in [0.15, 0.2) is 15.7 Å². The molecule has 10 heteroatoms. The number of benzene rings is 2. The van der Waals surface area contributed by atoms with E-state index in [1.807, 2.05) is 12.1 Å². The van der Waals surface area contributed by atoms with Crippen LogP contribution < -0.4 is 4.74 Å². The second kappa shape index (κ2) is 8.96. The highest BCUT2D eigenvalue weighted by Crippen LogP contribution is 2.40. The van der Waals surface area contributed by atoms with E-state index in [9.17, 15) is 13.2 Å². The molecule has 9 nitrogen and oxygen atoms in total. The average Bonchev–Trinajstić information content (AvgIpc) is 3.46. The number of hydrogen-bond donors (Lipinski definition) is 1. The molecule has 3 heterocycles. The first-order chi connectivity index (χ1) is 16.4. The first-order valence-corrected chi connectivity index (χ1v) is 12.8. The minimum atomic E-state index is -3.30. The van der Waals surface area contributed by atoms with Crippen molar-refractivity contribution in [2.24, 2.45) is 0 Å². The fourth-order valence-corrected chi connectivity index (χ4v) is 4.95. The molecular weight excluding hydrogens is 454 g/mol. The third kappa shape index (κ3) is 4.42. The van der Waals surface area contributed by atoms with E-state index < -0.39 is 9.84 Å². The Bertz CT molecular complexity index is 1440. The first-order valence-electron chi connectivity index (χ1n) is 10.9. The zero-order valence-corrected chi connectivity index (χ0v) is 19.3. The predicted octanol–water partition coefficient (Wildman–Crippen LogP) is 3.55. The maximum absolute atomic E-state index is 11.8. The van der Waals surface area contributed by atoms with E-state index in [1.165, 1.54) is 18.4 Å². The predicted molar refractivity (Wildman–Crippen MR) is 126 cm³/mol. The fourth-order valence-electron chi connectivity index (χ4n) is 4.32. The maximum atomic E-state index is 11.8. The molecule has 1 N–H and O–H groups in total. The molecule has 1 fully saturated rings. The molecule has 5 rings (SSSR count). The van der Waals surface area contributed by atoms with Gasteiger partial charge in [0.25, 0.3) is 0 Å². The Labute approximate surface area is 196 Å². The number of H-pyrrole nitrogens is 1. The van der Waals surface area contributed by atoms with E-state index in [2.05, 4.69) is 24.8 Å². The van der Waals surface area contributed by atoms with Gasteiger partial charge in [-0.2, -0.15) is 0 Å². The summed E-state index contributed by atoms with van der Waals surface area (Å²) >= 11 is 0. The van der Waals surface area contributed by atoms with Gasteiger partial charge >= 0.3 is 0 Å². The van der Waals surface area contributed by atoms with Crippen molar-refractivity contribution in [3.63, 3.8) is 0 Å².